The Hall–Kier alpha value is -3.42. The first-order chi connectivity index (χ1) is 18.5. The van der Waals surface area contributed by atoms with Gasteiger partial charge in [-0.05, 0) is 92.9 Å². The van der Waals surface area contributed by atoms with Crippen molar-refractivity contribution in [2.45, 2.75) is 58.2 Å². The summed E-state index contributed by atoms with van der Waals surface area (Å²) in [5.41, 5.74) is 6.68. The largest absolute Gasteiger partial charge is 0.349 e. The lowest BCUT2D eigenvalue weighted by atomic mass is 9.85. The molecule has 0 radical (unpaired) electrons. The molecule has 2 N–H and O–H groups in total. The lowest BCUT2D eigenvalue weighted by Crippen LogP contribution is -2.39. The Morgan fingerprint density at radius 3 is 2.68 bits per heavy atom. The number of imidazole rings is 1. The Balaban J connectivity index is 1.19. The molecule has 4 aromatic rings. The summed E-state index contributed by atoms with van der Waals surface area (Å²) in [5.74, 6) is 0.255. The molecule has 0 spiro atoms. The molecule has 1 saturated carbocycles. The maximum Gasteiger partial charge on any atom is 0.333 e. The van der Waals surface area contributed by atoms with E-state index in [1.54, 1.807) is 12.3 Å². The summed E-state index contributed by atoms with van der Waals surface area (Å²) >= 11 is 6.05. The third kappa shape index (κ3) is 4.76. The second-order valence-corrected chi connectivity index (χ2v) is 11.0. The Morgan fingerprint density at radius 1 is 1.08 bits per heavy atom. The molecular weight excluding hydrogens is 498 g/mol. The highest BCUT2D eigenvalue weighted by molar-refractivity contribution is 6.30. The fourth-order valence-electron chi connectivity index (χ4n) is 5.99. The Bertz CT molecular complexity index is 1560. The minimum absolute atomic E-state index is 0.0134. The number of para-hydroxylation sites is 2. The zero-order valence-electron chi connectivity index (χ0n) is 21.5. The predicted octanol–water partition coefficient (Wildman–Crippen LogP) is 4.78. The van der Waals surface area contributed by atoms with Gasteiger partial charge in [-0.2, -0.15) is 0 Å². The fourth-order valence-corrected chi connectivity index (χ4v) is 6.14. The lowest BCUT2D eigenvalue weighted by Gasteiger charge is -2.29. The van der Waals surface area contributed by atoms with Gasteiger partial charge < -0.3 is 10.6 Å². The Kier molecular flexibility index (Phi) is 6.80. The van der Waals surface area contributed by atoms with E-state index in [0.717, 1.165) is 61.9 Å². The number of pyridine rings is 1. The van der Waals surface area contributed by atoms with Gasteiger partial charge in [-0.15, -0.1) is 0 Å². The van der Waals surface area contributed by atoms with Gasteiger partial charge in [-0.3, -0.25) is 18.9 Å². The number of hydrogen-bond acceptors (Lipinski definition) is 4. The van der Waals surface area contributed by atoms with Crippen LogP contribution in [-0.4, -0.2) is 32.6 Å². The topological polar surface area (TPSA) is 81.0 Å². The summed E-state index contributed by atoms with van der Waals surface area (Å²) in [7, 11) is 0. The van der Waals surface area contributed by atoms with Crippen molar-refractivity contribution in [3.8, 4) is 5.69 Å². The molecule has 0 saturated heterocycles. The average Bonchev–Trinajstić information content (AvgIpc) is 3.21. The first kappa shape index (κ1) is 24.9. The number of aromatic nitrogens is 3. The summed E-state index contributed by atoms with van der Waals surface area (Å²) in [4.78, 5) is 30.8. The third-order valence-electron chi connectivity index (χ3n) is 8.09. The number of nitrogens with one attached hydrogen (secondary N) is 2. The molecule has 0 bridgehead atoms. The first-order valence-corrected chi connectivity index (χ1v) is 13.8. The number of nitrogens with zero attached hydrogens (tertiary/aromatic N) is 3. The molecule has 0 atom stereocenters. The van der Waals surface area contributed by atoms with Crippen LogP contribution in [0.5, 0.6) is 0 Å². The molecule has 0 unspecified atom stereocenters. The van der Waals surface area contributed by atoms with Crippen LogP contribution in [0.2, 0.25) is 5.02 Å². The number of benzene rings is 2. The van der Waals surface area contributed by atoms with Crippen LogP contribution in [0.15, 0.2) is 59.5 Å². The maximum atomic E-state index is 13.8. The standard InChI is InChI=1S/C30H32ClN5O2/c1-19-26(15-23(31)17-33-19)29(37)34-24-9-6-20(7-10-24)18-35-27-4-2-3-5-28(27)36(30(35)38)25-11-8-22-16-32-13-12-21(22)14-25/h2-5,8,11,14-15,17,20,24,32H,6-7,9-10,12-13,16,18H2,1H3,(H,34,37)/t20-,24-. The highest BCUT2D eigenvalue weighted by atomic mass is 35.5. The van der Waals surface area contributed by atoms with Gasteiger partial charge in [0.1, 0.15) is 0 Å². The maximum absolute atomic E-state index is 13.8. The SMILES string of the molecule is Cc1ncc(Cl)cc1C(=O)N[C@H]1CC[C@H](Cn2c(=O)n(-c3ccc4c(c3)CCNC4)c3ccccc32)CC1. The summed E-state index contributed by atoms with van der Waals surface area (Å²) in [6.07, 6.45) is 6.21. The van der Waals surface area contributed by atoms with Crippen molar-refractivity contribution in [3.05, 3.63) is 92.6 Å². The average molecular weight is 530 g/mol. The fraction of sp³-hybridized carbons (Fsp3) is 0.367. The second kappa shape index (κ2) is 10.4. The van der Waals surface area contributed by atoms with E-state index in [-0.39, 0.29) is 17.6 Å². The van der Waals surface area contributed by atoms with Crippen LogP contribution in [0.25, 0.3) is 16.7 Å². The number of aryl methyl sites for hydroxylation is 1. The van der Waals surface area contributed by atoms with E-state index >= 15 is 0 Å². The molecule has 7 nitrogen and oxygen atoms in total. The molecule has 1 fully saturated rings. The van der Waals surface area contributed by atoms with Gasteiger partial charge in [0.2, 0.25) is 0 Å². The number of carbonyl (C=O) groups excluding carboxylic acids is 1. The number of carbonyl (C=O) groups is 1. The molecule has 2 aromatic carbocycles. The van der Waals surface area contributed by atoms with Gasteiger partial charge >= 0.3 is 5.69 Å². The van der Waals surface area contributed by atoms with Crippen molar-refractivity contribution >= 4 is 28.5 Å². The number of amides is 1. The Labute approximate surface area is 226 Å². The molecule has 196 valence electrons. The zero-order chi connectivity index (χ0) is 26.2. The van der Waals surface area contributed by atoms with Gasteiger partial charge in [-0.1, -0.05) is 29.8 Å². The predicted molar refractivity (Wildman–Crippen MR) is 150 cm³/mol. The van der Waals surface area contributed by atoms with E-state index in [1.807, 2.05) is 40.3 Å². The molecule has 1 aliphatic carbocycles. The second-order valence-electron chi connectivity index (χ2n) is 10.6. The molecule has 2 aliphatic rings. The zero-order valence-corrected chi connectivity index (χ0v) is 22.3. The van der Waals surface area contributed by atoms with E-state index < -0.39 is 0 Å². The lowest BCUT2D eigenvalue weighted by molar-refractivity contribution is 0.0919. The monoisotopic (exact) mass is 529 g/mol. The molecule has 1 aliphatic heterocycles. The first-order valence-electron chi connectivity index (χ1n) is 13.4. The highest BCUT2D eigenvalue weighted by Crippen LogP contribution is 2.28. The van der Waals surface area contributed by atoms with E-state index in [0.29, 0.717) is 28.7 Å². The summed E-state index contributed by atoms with van der Waals surface area (Å²) in [6, 6.07) is 16.2. The van der Waals surface area contributed by atoms with Crippen molar-refractivity contribution in [3.63, 3.8) is 0 Å². The Morgan fingerprint density at radius 2 is 1.87 bits per heavy atom. The number of hydrogen-bond donors (Lipinski definition) is 2. The van der Waals surface area contributed by atoms with Crippen LogP contribution in [0.4, 0.5) is 0 Å². The smallest absolute Gasteiger partial charge is 0.333 e. The molecule has 8 heteroatoms. The van der Waals surface area contributed by atoms with Crippen LogP contribution in [0, 0.1) is 12.8 Å². The van der Waals surface area contributed by atoms with Crippen LogP contribution >= 0.6 is 11.6 Å². The van der Waals surface area contributed by atoms with Crippen LogP contribution < -0.4 is 16.3 Å². The summed E-state index contributed by atoms with van der Waals surface area (Å²) in [6.45, 7) is 4.34. The van der Waals surface area contributed by atoms with Crippen LogP contribution in [0.3, 0.4) is 0 Å². The van der Waals surface area contributed by atoms with Crippen molar-refractivity contribution in [2.24, 2.45) is 5.92 Å². The summed E-state index contributed by atoms with van der Waals surface area (Å²) < 4.78 is 3.81. The van der Waals surface area contributed by atoms with E-state index in [1.165, 1.54) is 11.1 Å². The molecule has 1 amide bonds. The third-order valence-corrected chi connectivity index (χ3v) is 8.30. The minimum Gasteiger partial charge on any atom is -0.349 e. The van der Waals surface area contributed by atoms with E-state index in [4.69, 9.17) is 11.6 Å². The molecule has 2 aromatic heterocycles. The van der Waals surface area contributed by atoms with Crippen LogP contribution in [0.1, 0.15) is 52.9 Å². The van der Waals surface area contributed by atoms with Gasteiger partial charge in [-0.25, -0.2) is 4.79 Å². The van der Waals surface area contributed by atoms with Gasteiger partial charge in [0.25, 0.3) is 5.91 Å². The normalized spacial score (nSPS) is 19.3. The quantitative estimate of drug-likeness (QED) is 0.390. The van der Waals surface area contributed by atoms with E-state index in [9.17, 15) is 9.59 Å². The molecule has 6 rings (SSSR count). The highest BCUT2D eigenvalue weighted by Gasteiger charge is 2.26. The van der Waals surface area contributed by atoms with Crippen molar-refractivity contribution in [1.82, 2.24) is 24.8 Å². The van der Waals surface area contributed by atoms with Gasteiger partial charge in [0.15, 0.2) is 0 Å². The number of rotatable bonds is 5. The minimum atomic E-state index is -0.124. The van der Waals surface area contributed by atoms with Crippen molar-refractivity contribution < 1.29 is 4.79 Å². The number of halogens is 1. The molecule has 3 heterocycles. The van der Waals surface area contributed by atoms with Crippen LogP contribution in [-0.2, 0) is 19.5 Å². The van der Waals surface area contributed by atoms with E-state index in [2.05, 4.69) is 33.8 Å². The molecular formula is C30H32ClN5O2. The van der Waals surface area contributed by atoms with Gasteiger partial charge in [0.05, 0.1) is 33.0 Å². The molecule has 38 heavy (non-hydrogen) atoms. The van der Waals surface area contributed by atoms with Gasteiger partial charge in [0, 0.05) is 25.3 Å². The summed E-state index contributed by atoms with van der Waals surface area (Å²) in [5, 5.41) is 7.04. The number of fused-ring (bicyclic) bond motifs is 2. The van der Waals surface area contributed by atoms with Crippen molar-refractivity contribution in [2.75, 3.05) is 6.54 Å². The van der Waals surface area contributed by atoms with Crippen molar-refractivity contribution in [1.29, 1.82) is 0 Å².